The van der Waals surface area contributed by atoms with Crippen molar-refractivity contribution in [1.29, 1.82) is 0 Å². The molecule has 160 valence electrons. The third-order valence-electron chi connectivity index (χ3n) is 5.16. The fraction of sp³-hybridized carbons (Fsp3) is 0.619. The van der Waals surface area contributed by atoms with Crippen molar-refractivity contribution in [3.63, 3.8) is 0 Å². The highest BCUT2D eigenvalue weighted by Gasteiger charge is 2.35. The van der Waals surface area contributed by atoms with Crippen molar-refractivity contribution in [2.75, 3.05) is 44.9 Å². The fourth-order valence-electron chi connectivity index (χ4n) is 3.70. The average Bonchev–Trinajstić information content (AvgIpc) is 3.30. The molecule has 3 rings (SSSR count). The molecule has 0 spiro atoms. The Kier molecular flexibility index (Phi) is 8.64. The minimum atomic E-state index is -0.543. The van der Waals surface area contributed by atoms with Crippen molar-refractivity contribution >= 4 is 23.6 Å². The van der Waals surface area contributed by atoms with E-state index in [1.807, 2.05) is 29.4 Å². The molecule has 2 saturated heterocycles. The molecule has 2 fully saturated rings. The van der Waals surface area contributed by atoms with Crippen LogP contribution in [-0.2, 0) is 19.1 Å². The molecule has 8 heteroatoms. The SMILES string of the molecule is CSCCC(NC(=O)COc1ccccc1)C(=O)N1CCCC(C2OCCO2)C1. The first-order valence-electron chi connectivity index (χ1n) is 10.2. The number of nitrogens with one attached hydrogen (secondary N) is 1. The monoisotopic (exact) mass is 422 g/mol. The smallest absolute Gasteiger partial charge is 0.258 e. The van der Waals surface area contributed by atoms with Crippen LogP contribution in [0.15, 0.2) is 30.3 Å². The summed E-state index contributed by atoms with van der Waals surface area (Å²) in [7, 11) is 0. The number of likely N-dealkylation sites (tertiary alicyclic amines) is 1. The Hall–Kier alpha value is -1.77. The maximum Gasteiger partial charge on any atom is 0.258 e. The second kappa shape index (κ2) is 11.4. The molecule has 0 saturated carbocycles. The van der Waals surface area contributed by atoms with E-state index in [1.54, 1.807) is 23.9 Å². The van der Waals surface area contributed by atoms with Crippen molar-refractivity contribution in [1.82, 2.24) is 10.2 Å². The zero-order valence-electron chi connectivity index (χ0n) is 16.9. The van der Waals surface area contributed by atoms with E-state index in [9.17, 15) is 9.59 Å². The molecule has 2 aliphatic rings. The van der Waals surface area contributed by atoms with E-state index in [1.165, 1.54) is 0 Å². The van der Waals surface area contributed by atoms with Gasteiger partial charge >= 0.3 is 0 Å². The van der Waals surface area contributed by atoms with Crippen molar-refractivity contribution in [2.24, 2.45) is 5.92 Å². The largest absolute Gasteiger partial charge is 0.484 e. The van der Waals surface area contributed by atoms with E-state index in [4.69, 9.17) is 14.2 Å². The van der Waals surface area contributed by atoms with Crippen LogP contribution >= 0.6 is 11.8 Å². The van der Waals surface area contributed by atoms with Gasteiger partial charge in [0, 0.05) is 19.0 Å². The van der Waals surface area contributed by atoms with Crippen LogP contribution in [0.4, 0.5) is 0 Å². The summed E-state index contributed by atoms with van der Waals surface area (Å²) in [5.41, 5.74) is 0. The van der Waals surface area contributed by atoms with E-state index in [-0.39, 0.29) is 30.6 Å². The molecule has 0 aromatic heterocycles. The maximum atomic E-state index is 13.2. The highest BCUT2D eigenvalue weighted by atomic mass is 32.2. The number of hydrogen-bond acceptors (Lipinski definition) is 6. The van der Waals surface area contributed by atoms with Crippen molar-refractivity contribution < 1.29 is 23.8 Å². The Morgan fingerprint density at radius 2 is 2.03 bits per heavy atom. The average molecular weight is 423 g/mol. The first-order chi connectivity index (χ1) is 14.2. The lowest BCUT2D eigenvalue weighted by Crippen LogP contribution is -2.53. The summed E-state index contributed by atoms with van der Waals surface area (Å²) < 4.78 is 16.8. The number of para-hydroxylation sites is 1. The van der Waals surface area contributed by atoms with Gasteiger partial charge in [0.25, 0.3) is 5.91 Å². The molecule has 0 bridgehead atoms. The Morgan fingerprint density at radius 3 is 2.76 bits per heavy atom. The zero-order valence-corrected chi connectivity index (χ0v) is 17.7. The summed E-state index contributed by atoms with van der Waals surface area (Å²) in [5, 5.41) is 2.87. The Morgan fingerprint density at radius 1 is 1.28 bits per heavy atom. The van der Waals surface area contributed by atoms with Gasteiger partial charge in [0.05, 0.1) is 13.2 Å². The van der Waals surface area contributed by atoms with Gasteiger partial charge in [-0.3, -0.25) is 9.59 Å². The van der Waals surface area contributed by atoms with Crippen LogP contribution in [0.1, 0.15) is 19.3 Å². The summed E-state index contributed by atoms with van der Waals surface area (Å²) in [6.45, 7) is 2.43. The number of amides is 2. The molecular weight excluding hydrogens is 392 g/mol. The number of rotatable bonds is 9. The summed E-state index contributed by atoms with van der Waals surface area (Å²) in [6, 6.07) is 8.64. The van der Waals surface area contributed by atoms with Crippen LogP contribution in [-0.4, -0.2) is 74.0 Å². The number of carbonyl (C=O) groups is 2. The Bertz CT molecular complexity index is 654. The topological polar surface area (TPSA) is 77.1 Å². The lowest BCUT2D eigenvalue weighted by molar-refractivity contribution is -0.143. The molecule has 2 atom stereocenters. The quantitative estimate of drug-likeness (QED) is 0.655. The van der Waals surface area contributed by atoms with Gasteiger partial charge in [-0.25, -0.2) is 0 Å². The summed E-state index contributed by atoms with van der Waals surface area (Å²) in [6.07, 6.45) is 4.27. The van der Waals surface area contributed by atoms with Crippen LogP contribution in [0.2, 0.25) is 0 Å². The highest BCUT2D eigenvalue weighted by molar-refractivity contribution is 7.98. The van der Waals surface area contributed by atoms with Gasteiger partial charge in [-0.2, -0.15) is 11.8 Å². The summed E-state index contributed by atoms with van der Waals surface area (Å²) in [5.74, 6) is 1.29. The third-order valence-corrected chi connectivity index (χ3v) is 5.80. The number of ether oxygens (including phenoxy) is 3. The Labute approximate surface area is 176 Å². The molecule has 0 aliphatic carbocycles. The first kappa shape index (κ1) is 21.9. The van der Waals surface area contributed by atoms with E-state index < -0.39 is 6.04 Å². The normalized spacial score (nSPS) is 21.0. The number of thioether (sulfide) groups is 1. The van der Waals surface area contributed by atoms with E-state index in [0.29, 0.717) is 38.5 Å². The van der Waals surface area contributed by atoms with Gasteiger partial charge in [0.2, 0.25) is 5.91 Å². The number of carbonyl (C=O) groups excluding carboxylic acids is 2. The van der Waals surface area contributed by atoms with Crippen LogP contribution < -0.4 is 10.1 Å². The standard InChI is InChI=1S/C21H30N2O5S/c1-29-13-9-18(22-19(24)15-28-17-7-3-2-4-8-17)20(25)23-10-5-6-16(14-23)21-26-11-12-27-21/h2-4,7-8,16,18,21H,5-6,9-15H2,1H3,(H,22,24). The predicted molar refractivity (Wildman–Crippen MR) is 112 cm³/mol. The summed E-state index contributed by atoms with van der Waals surface area (Å²) >= 11 is 1.66. The Balaban J connectivity index is 1.54. The number of piperidine rings is 1. The van der Waals surface area contributed by atoms with Gasteiger partial charge in [0.1, 0.15) is 11.8 Å². The van der Waals surface area contributed by atoms with E-state index in [2.05, 4.69) is 5.32 Å². The molecule has 2 aliphatic heterocycles. The molecule has 2 heterocycles. The molecule has 1 N–H and O–H groups in total. The molecule has 29 heavy (non-hydrogen) atoms. The highest BCUT2D eigenvalue weighted by Crippen LogP contribution is 2.25. The maximum absolute atomic E-state index is 13.2. The summed E-state index contributed by atoms with van der Waals surface area (Å²) in [4.78, 5) is 27.4. The first-order valence-corrected chi connectivity index (χ1v) is 11.5. The predicted octanol–water partition coefficient (Wildman–Crippen LogP) is 1.91. The molecular formula is C21H30N2O5S. The number of nitrogens with zero attached hydrogens (tertiary/aromatic N) is 1. The molecule has 7 nitrogen and oxygen atoms in total. The van der Waals surface area contributed by atoms with Crippen molar-refractivity contribution in [2.45, 2.75) is 31.6 Å². The van der Waals surface area contributed by atoms with Gasteiger partial charge in [-0.05, 0) is 43.4 Å². The number of hydrogen-bond donors (Lipinski definition) is 1. The van der Waals surface area contributed by atoms with E-state index in [0.717, 1.165) is 18.6 Å². The van der Waals surface area contributed by atoms with Gasteiger partial charge in [-0.1, -0.05) is 18.2 Å². The van der Waals surface area contributed by atoms with Crippen molar-refractivity contribution in [3.8, 4) is 5.75 Å². The molecule has 0 radical (unpaired) electrons. The zero-order chi connectivity index (χ0) is 20.5. The van der Waals surface area contributed by atoms with Crippen LogP contribution in [0.25, 0.3) is 0 Å². The van der Waals surface area contributed by atoms with Crippen LogP contribution in [0.5, 0.6) is 5.75 Å². The minimum Gasteiger partial charge on any atom is -0.484 e. The third kappa shape index (κ3) is 6.62. The number of benzene rings is 1. The molecule has 2 amide bonds. The fourth-order valence-corrected chi connectivity index (χ4v) is 4.17. The lowest BCUT2D eigenvalue weighted by Gasteiger charge is -2.36. The second-order valence-electron chi connectivity index (χ2n) is 7.30. The van der Waals surface area contributed by atoms with Gasteiger partial charge in [0.15, 0.2) is 12.9 Å². The molecule has 2 unspecified atom stereocenters. The van der Waals surface area contributed by atoms with Gasteiger partial charge in [-0.15, -0.1) is 0 Å². The van der Waals surface area contributed by atoms with E-state index >= 15 is 0 Å². The second-order valence-corrected chi connectivity index (χ2v) is 8.29. The molecule has 1 aromatic rings. The van der Waals surface area contributed by atoms with Crippen LogP contribution in [0.3, 0.4) is 0 Å². The van der Waals surface area contributed by atoms with Gasteiger partial charge < -0.3 is 24.4 Å². The molecule has 1 aromatic carbocycles. The van der Waals surface area contributed by atoms with Crippen molar-refractivity contribution in [3.05, 3.63) is 30.3 Å². The minimum absolute atomic E-state index is 0.0326. The lowest BCUT2D eigenvalue weighted by atomic mass is 9.96. The van der Waals surface area contributed by atoms with Crippen LogP contribution in [0, 0.1) is 5.92 Å².